The largest absolute Gasteiger partial charge is 0.740 e. The van der Waals surface area contributed by atoms with Crippen LogP contribution in [0.1, 0.15) is 11.4 Å². The SMILES string of the molecule is Cc1ccc(OCc2ncc3nccnc3[n+]2[O-])cc1. The highest BCUT2D eigenvalue weighted by atomic mass is 16.5. The molecule has 3 rings (SSSR count). The molecular weight excluding hydrogens is 256 g/mol. The van der Waals surface area contributed by atoms with Crippen LogP contribution in [0.2, 0.25) is 0 Å². The molecule has 0 aliphatic heterocycles. The fourth-order valence-corrected chi connectivity index (χ4v) is 1.78. The Labute approximate surface area is 115 Å². The highest BCUT2D eigenvalue weighted by Gasteiger charge is 2.12. The van der Waals surface area contributed by atoms with Crippen LogP contribution in [0.4, 0.5) is 0 Å². The zero-order chi connectivity index (χ0) is 13.9. The molecule has 0 spiro atoms. The van der Waals surface area contributed by atoms with Crippen molar-refractivity contribution in [3.63, 3.8) is 0 Å². The predicted molar refractivity (Wildman–Crippen MR) is 71.8 cm³/mol. The normalized spacial score (nSPS) is 10.7. The van der Waals surface area contributed by atoms with Crippen molar-refractivity contribution in [3.05, 3.63) is 59.5 Å². The molecule has 20 heavy (non-hydrogen) atoms. The molecule has 0 fully saturated rings. The topological polar surface area (TPSA) is 74.8 Å². The molecule has 0 unspecified atom stereocenters. The summed E-state index contributed by atoms with van der Waals surface area (Å²) in [4.78, 5) is 12.1. The number of aromatic nitrogens is 4. The lowest BCUT2D eigenvalue weighted by molar-refractivity contribution is -0.594. The van der Waals surface area contributed by atoms with Gasteiger partial charge in [-0.1, -0.05) is 17.7 Å². The fourth-order valence-electron chi connectivity index (χ4n) is 1.78. The van der Waals surface area contributed by atoms with E-state index in [1.54, 1.807) is 0 Å². The number of fused-ring (bicyclic) bond motifs is 1. The standard InChI is InChI=1S/C14H12N4O2/c1-10-2-4-11(5-3-10)20-9-13-17-8-12-14(18(13)19)16-7-6-15-12/h2-8H,9H2,1H3. The number of rotatable bonds is 3. The van der Waals surface area contributed by atoms with Gasteiger partial charge in [-0.2, -0.15) is 0 Å². The molecule has 0 saturated carbocycles. The lowest BCUT2D eigenvalue weighted by Gasteiger charge is -2.10. The summed E-state index contributed by atoms with van der Waals surface area (Å²) >= 11 is 0. The number of hydrogen-bond acceptors (Lipinski definition) is 5. The lowest BCUT2D eigenvalue weighted by Crippen LogP contribution is -2.36. The van der Waals surface area contributed by atoms with Crippen molar-refractivity contribution in [3.8, 4) is 5.75 Å². The molecule has 0 aliphatic carbocycles. The first-order valence-electron chi connectivity index (χ1n) is 6.11. The summed E-state index contributed by atoms with van der Waals surface area (Å²) < 4.78 is 6.19. The van der Waals surface area contributed by atoms with Crippen molar-refractivity contribution in [2.24, 2.45) is 0 Å². The van der Waals surface area contributed by atoms with E-state index in [0.29, 0.717) is 16.0 Å². The van der Waals surface area contributed by atoms with Gasteiger partial charge in [0.2, 0.25) is 0 Å². The van der Waals surface area contributed by atoms with Gasteiger partial charge in [-0.3, -0.25) is 0 Å². The van der Waals surface area contributed by atoms with Crippen LogP contribution < -0.4 is 9.47 Å². The summed E-state index contributed by atoms with van der Waals surface area (Å²) in [5.74, 6) is 0.940. The molecule has 0 atom stereocenters. The van der Waals surface area contributed by atoms with Crippen molar-refractivity contribution in [2.45, 2.75) is 13.5 Å². The van der Waals surface area contributed by atoms with E-state index in [4.69, 9.17) is 4.74 Å². The van der Waals surface area contributed by atoms with Crippen LogP contribution in [-0.2, 0) is 6.61 Å². The molecule has 0 amide bonds. The molecule has 6 nitrogen and oxygen atoms in total. The third-order valence-electron chi connectivity index (χ3n) is 2.86. The minimum atomic E-state index is 0.0824. The molecule has 0 saturated heterocycles. The van der Waals surface area contributed by atoms with Crippen LogP contribution in [0, 0.1) is 12.1 Å². The first kappa shape index (κ1) is 12.3. The average molecular weight is 268 g/mol. The van der Waals surface area contributed by atoms with Gasteiger partial charge in [-0.05, 0) is 19.1 Å². The molecule has 0 radical (unpaired) electrons. The van der Waals surface area contributed by atoms with Crippen LogP contribution in [0.3, 0.4) is 0 Å². The van der Waals surface area contributed by atoms with Gasteiger partial charge in [-0.15, -0.1) is 9.97 Å². The maximum absolute atomic E-state index is 12.1. The van der Waals surface area contributed by atoms with Crippen molar-refractivity contribution >= 4 is 11.2 Å². The molecule has 2 heterocycles. The molecule has 3 aromatic rings. The molecule has 100 valence electrons. The van der Waals surface area contributed by atoms with E-state index in [0.717, 1.165) is 5.56 Å². The van der Waals surface area contributed by atoms with Crippen LogP contribution in [0.15, 0.2) is 42.9 Å². The Balaban J connectivity index is 1.84. The highest BCUT2D eigenvalue weighted by molar-refractivity contribution is 5.63. The lowest BCUT2D eigenvalue weighted by atomic mass is 10.2. The van der Waals surface area contributed by atoms with Gasteiger partial charge in [0.05, 0.1) is 6.20 Å². The zero-order valence-electron chi connectivity index (χ0n) is 10.9. The van der Waals surface area contributed by atoms with Gasteiger partial charge in [-0.25, -0.2) is 9.71 Å². The maximum atomic E-state index is 12.1. The van der Waals surface area contributed by atoms with Crippen LogP contribution in [0.5, 0.6) is 5.75 Å². The first-order chi connectivity index (χ1) is 9.74. The van der Waals surface area contributed by atoms with Crippen LogP contribution in [0.25, 0.3) is 11.2 Å². The van der Waals surface area contributed by atoms with Crippen molar-refractivity contribution in [1.29, 1.82) is 0 Å². The number of nitrogens with zero attached hydrogens (tertiary/aromatic N) is 4. The molecule has 0 N–H and O–H groups in total. The molecule has 2 aromatic heterocycles. The van der Waals surface area contributed by atoms with Gasteiger partial charge in [0, 0.05) is 0 Å². The predicted octanol–water partition coefficient (Wildman–Crippen LogP) is 1.55. The minimum Gasteiger partial charge on any atom is -0.740 e. The second-order valence-corrected chi connectivity index (χ2v) is 4.34. The van der Waals surface area contributed by atoms with Gasteiger partial charge < -0.3 is 9.94 Å². The van der Waals surface area contributed by atoms with Crippen molar-refractivity contribution in [1.82, 2.24) is 15.0 Å². The monoisotopic (exact) mass is 268 g/mol. The quantitative estimate of drug-likeness (QED) is 0.532. The third-order valence-corrected chi connectivity index (χ3v) is 2.86. The average Bonchev–Trinajstić information content (AvgIpc) is 2.49. The minimum absolute atomic E-state index is 0.0824. The Morgan fingerprint density at radius 2 is 1.85 bits per heavy atom. The van der Waals surface area contributed by atoms with Crippen LogP contribution >= 0.6 is 0 Å². The molecule has 1 aromatic carbocycles. The smallest absolute Gasteiger partial charge is 0.292 e. The summed E-state index contributed by atoms with van der Waals surface area (Å²) in [5, 5.41) is 12.1. The van der Waals surface area contributed by atoms with Crippen molar-refractivity contribution < 1.29 is 9.47 Å². The Hall–Kier alpha value is -2.76. The van der Waals surface area contributed by atoms with E-state index in [-0.39, 0.29) is 18.1 Å². The summed E-state index contributed by atoms with van der Waals surface area (Å²) in [7, 11) is 0. The second kappa shape index (κ2) is 5.08. The van der Waals surface area contributed by atoms with Gasteiger partial charge in [0.1, 0.15) is 18.1 Å². The number of hydrogen-bond donors (Lipinski definition) is 0. The fraction of sp³-hybridized carbons (Fsp3) is 0.143. The Kier molecular flexibility index (Phi) is 3.12. The highest BCUT2D eigenvalue weighted by Crippen LogP contribution is 2.12. The van der Waals surface area contributed by atoms with E-state index >= 15 is 0 Å². The molecule has 0 aliphatic rings. The Morgan fingerprint density at radius 3 is 2.65 bits per heavy atom. The first-order valence-corrected chi connectivity index (χ1v) is 6.11. The molecular formula is C14H12N4O2. The maximum Gasteiger partial charge on any atom is 0.292 e. The van der Waals surface area contributed by atoms with E-state index in [9.17, 15) is 5.21 Å². The number of benzene rings is 1. The number of ether oxygens (including phenoxy) is 1. The third kappa shape index (κ3) is 2.35. The Bertz CT molecular complexity index is 744. The van der Waals surface area contributed by atoms with E-state index in [2.05, 4.69) is 15.0 Å². The zero-order valence-corrected chi connectivity index (χ0v) is 10.9. The van der Waals surface area contributed by atoms with Gasteiger partial charge in [0.15, 0.2) is 12.1 Å². The van der Waals surface area contributed by atoms with Crippen LogP contribution in [-0.4, -0.2) is 15.0 Å². The molecule has 6 heteroatoms. The summed E-state index contributed by atoms with van der Waals surface area (Å²) in [6, 6.07) is 7.59. The van der Waals surface area contributed by atoms with Crippen molar-refractivity contribution in [2.75, 3.05) is 0 Å². The summed E-state index contributed by atoms with van der Waals surface area (Å²) in [6.07, 6.45) is 4.51. The van der Waals surface area contributed by atoms with E-state index in [1.807, 2.05) is 31.2 Å². The second-order valence-electron chi connectivity index (χ2n) is 4.34. The van der Waals surface area contributed by atoms with Gasteiger partial charge in [0.25, 0.3) is 11.5 Å². The summed E-state index contributed by atoms with van der Waals surface area (Å²) in [5.41, 5.74) is 1.85. The van der Waals surface area contributed by atoms with E-state index in [1.165, 1.54) is 18.6 Å². The van der Waals surface area contributed by atoms with Gasteiger partial charge >= 0.3 is 0 Å². The van der Waals surface area contributed by atoms with E-state index < -0.39 is 0 Å². The molecule has 0 bridgehead atoms. The summed E-state index contributed by atoms with van der Waals surface area (Å²) in [6.45, 7) is 2.08. The Morgan fingerprint density at radius 1 is 1.10 bits per heavy atom. The number of aryl methyl sites for hydroxylation is 1.